The number of rotatable bonds is 17. The predicted molar refractivity (Wildman–Crippen MR) is 192 cm³/mol. The highest BCUT2D eigenvalue weighted by molar-refractivity contribution is 6.08. The summed E-state index contributed by atoms with van der Waals surface area (Å²) in [6.07, 6.45) is -2.81. The number of hydrogen-bond acceptors (Lipinski definition) is 8. The van der Waals surface area contributed by atoms with E-state index in [-0.39, 0.29) is 32.8 Å². The van der Waals surface area contributed by atoms with Gasteiger partial charge >= 0.3 is 5.97 Å². The molecule has 0 saturated carbocycles. The van der Waals surface area contributed by atoms with Crippen molar-refractivity contribution >= 4 is 17.8 Å². The topological polar surface area (TPSA) is 109 Å². The lowest BCUT2D eigenvalue weighted by Crippen LogP contribution is -2.58. The zero-order valence-electron chi connectivity index (χ0n) is 29.4. The molecule has 1 saturated heterocycles. The molecule has 1 heterocycles. The number of benzene rings is 4. The van der Waals surface area contributed by atoms with Gasteiger partial charge in [-0.15, -0.1) is 0 Å². The second-order valence-corrected chi connectivity index (χ2v) is 13.6. The second-order valence-electron chi connectivity index (χ2n) is 13.6. The molecule has 0 radical (unpaired) electrons. The molecule has 1 N–H and O–H groups in total. The van der Waals surface area contributed by atoms with E-state index < -0.39 is 53.5 Å². The number of carbonyl (C=O) groups is 3. The molecule has 4 aromatic carbocycles. The molecule has 51 heavy (non-hydrogen) atoms. The Hall–Kier alpha value is -4.67. The minimum atomic E-state index is -1.34. The van der Waals surface area contributed by atoms with E-state index in [0.29, 0.717) is 6.61 Å². The summed E-state index contributed by atoms with van der Waals surface area (Å²) in [7, 11) is 0. The van der Waals surface area contributed by atoms with E-state index in [9.17, 15) is 14.4 Å². The Bertz CT molecular complexity index is 1660. The maximum Gasteiger partial charge on any atom is 0.319 e. The van der Waals surface area contributed by atoms with Gasteiger partial charge < -0.3 is 23.7 Å². The second kappa shape index (κ2) is 18.5. The quantitative estimate of drug-likeness (QED) is 0.0751. The summed E-state index contributed by atoms with van der Waals surface area (Å²) in [5, 5.41) is 2.35. The molecule has 2 amide bonds. The van der Waals surface area contributed by atoms with Crippen LogP contribution in [0, 0.1) is 11.8 Å². The Morgan fingerprint density at radius 1 is 0.667 bits per heavy atom. The maximum atomic E-state index is 13.8. The van der Waals surface area contributed by atoms with Gasteiger partial charge in [0.05, 0.1) is 39.1 Å². The Morgan fingerprint density at radius 2 is 1.12 bits per heavy atom. The molecule has 1 fully saturated rings. The van der Waals surface area contributed by atoms with Crippen molar-refractivity contribution in [1.82, 2.24) is 5.32 Å². The van der Waals surface area contributed by atoms with Crippen LogP contribution in [0.5, 0.6) is 0 Å². The fraction of sp³-hybridized carbons (Fsp3) is 0.357. The summed E-state index contributed by atoms with van der Waals surface area (Å²) >= 11 is 0. The number of piperidine rings is 1. The van der Waals surface area contributed by atoms with Crippen molar-refractivity contribution in [3.05, 3.63) is 144 Å². The van der Waals surface area contributed by atoms with Crippen LogP contribution in [0.2, 0.25) is 0 Å². The van der Waals surface area contributed by atoms with Crippen LogP contribution in [0.4, 0.5) is 0 Å². The first kappa shape index (κ1) is 37.6. The molecule has 0 aromatic heterocycles. The summed E-state index contributed by atoms with van der Waals surface area (Å²) < 4.78 is 32.2. The third-order valence-corrected chi connectivity index (χ3v) is 8.44. The molecular weight excluding hydrogens is 646 g/mol. The molecule has 9 nitrogen and oxygen atoms in total. The Kier molecular flexibility index (Phi) is 13.7. The maximum absolute atomic E-state index is 13.8. The zero-order valence-corrected chi connectivity index (χ0v) is 29.4. The van der Waals surface area contributed by atoms with Gasteiger partial charge in [0.15, 0.2) is 0 Å². The molecule has 1 aliphatic heterocycles. The molecule has 5 atom stereocenters. The van der Waals surface area contributed by atoms with Gasteiger partial charge in [0, 0.05) is 12.3 Å². The lowest BCUT2D eigenvalue weighted by molar-refractivity contribution is -0.196. The van der Waals surface area contributed by atoms with Gasteiger partial charge in [-0.05, 0) is 43.0 Å². The van der Waals surface area contributed by atoms with Crippen LogP contribution in [-0.2, 0) is 64.5 Å². The molecule has 5 rings (SSSR count). The van der Waals surface area contributed by atoms with Crippen LogP contribution < -0.4 is 5.32 Å². The number of amides is 2. The fourth-order valence-corrected chi connectivity index (χ4v) is 6.04. The van der Waals surface area contributed by atoms with Crippen LogP contribution in [0.25, 0.3) is 0 Å². The Balaban J connectivity index is 1.55. The van der Waals surface area contributed by atoms with E-state index in [0.717, 1.165) is 22.3 Å². The summed E-state index contributed by atoms with van der Waals surface area (Å²) in [5.74, 6) is -4.27. The van der Waals surface area contributed by atoms with Gasteiger partial charge in [0.2, 0.25) is 11.8 Å². The first-order valence-electron chi connectivity index (χ1n) is 17.3. The minimum Gasteiger partial charge on any atom is -0.459 e. The molecule has 268 valence electrons. The van der Waals surface area contributed by atoms with Crippen LogP contribution in [0.15, 0.2) is 121 Å². The third kappa shape index (κ3) is 11.7. The number of esters is 1. The van der Waals surface area contributed by atoms with E-state index in [1.165, 1.54) is 0 Å². The van der Waals surface area contributed by atoms with E-state index in [1.807, 2.05) is 121 Å². The molecule has 5 unspecified atom stereocenters. The summed E-state index contributed by atoms with van der Waals surface area (Å²) in [6.45, 7) is 6.14. The van der Waals surface area contributed by atoms with E-state index in [2.05, 4.69) is 5.32 Å². The summed E-state index contributed by atoms with van der Waals surface area (Å²) in [6, 6.07) is 38.8. The largest absolute Gasteiger partial charge is 0.459 e. The lowest BCUT2D eigenvalue weighted by atomic mass is 9.78. The van der Waals surface area contributed by atoms with Crippen molar-refractivity contribution in [3.8, 4) is 0 Å². The van der Waals surface area contributed by atoms with Crippen molar-refractivity contribution < 1.29 is 38.1 Å². The third-order valence-electron chi connectivity index (χ3n) is 8.44. The highest BCUT2D eigenvalue weighted by atomic mass is 16.6. The van der Waals surface area contributed by atoms with Crippen molar-refractivity contribution in [1.29, 1.82) is 0 Å². The van der Waals surface area contributed by atoms with Crippen molar-refractivity contribution in [3.63, 3.8) is 0 Å². The highest BCUT2D eigenvalue weighted by Gasteiger charge is 2.50. The van der Waals surface area contributed by atoms with Gasteiger partial charge in [-0.3, -0.25) is 19.7 Å². The van der Waals surface area contributed by atoms with E-state index >= 15 is 0 Å². The number of hydrogen-bond donors (Lipinski definition) is 1. The molecular formula is C42H47NO8. The van der Waals surface area contributed by atoms with E-state index in [1.54, 1.807) is 20.8 Å². The molecule has 0 spiro atoms. The summed E-state index contributed by atoms with van der Waals surface area (Å²) in [4.78, 5) is 40.4. The van der Waals surface area contributed by atoms with Crippen LogP contribution in [0.3, 0.4) is 0 Å². The van der Waals surface area contributed by atoms with Crippen molar-refractivity contribution in [2.24, 2.45) is 11.8 Å². The van der Waals surface area contributed by atoms with Crippen molar-refractivity contribution in [2.45, 2.75) is 77.5 Å². The predicted octanol–water partition coefficient (Wildman–Crippen LogP) is 6.58. The SMILES string of the molecule is CC(C)(C)OC(=O)C1C(=O)NC(=O)CC1C(OCc1ccccc1)C(OCc1ccccc1)C(COCc1ccccc1)OCc1ccccc1. The minimum absolute atomic E-state index is 0.0936. The molecule has 9 heteroatoms. The molecule has 4 aromatic rings. The van der Waals surface area contributed by atoms with Gasteiger partial charge in [-0.25, -0.2) is 0 Å². The first-order chi connectivity index (χ1) is 24.7. The molecule has 0 aliphatic carbocycles. The van der Waals surface area contributed by atoms with Crippen LogP contribution in [0.1, 0.15) is 49.4 Å². The number of carbonyl (C=O) groups excluding carboxylic acids is 3. The monoisotopic (exact) mass is 693 g/mol. The van der Waals surface area contributed by atoms with Gasteiger partial charge in [0.25, 0.3) is 0 Å². The highest BCUT2D eigenvalue weighted by Crippen LogP contribution is 2.34. The summed E-state index contributed by atoms with van der Waals surface area (Å²) in [5.41, 5.74) is 2.81. The fourth-order valence-electron chi connectivity index (χ4n) is 6.04. The van der Waals surface area contributed by atoms with Crippen LogP contribution in [-0.4, -0.2) is 48.3 Å². The Morgan fingerprint density at radius 3 is 1.61 bits per heavy atom. The zero-order chi connectivity index (χ0) is 36.1. The van der Waals surface area contributed by atoms with E-state index in [4.69, 9.17) is 23.7 Å². The van der Waals surface area contributed by atoms with Crippen molar-refractivity contribution in [2.75, 3.05) is 6.61 Å². The standard InChI is InChI=1S/C42H47NO8/c1-42(2,3)51-41(46)37-34(24-36(44)43-40(37)45)38(49-27-32-20-12-6-13-21-32)39(50-28-33-22-14-7-15-23-33)35(48-26-31-18-10-5-11-19-31)29-47-25-30-16-8-4-9-17-30/h4-23,34-35,37-39H,24-29H2,1-3H3,(H,43,44,45). The normalized spacial score (nSPS) is 18.0. The number of imide groups is 1. The van der Waals surface area contributed by atoms with Crippen LogP contribution >= 0.6 is 0 Å². The average molecular weight is 694 g/mol. The first-order valence-corrected chi connectivity index (χ1v) is 17.3. The molecule has 0 bridgehead atoms. The van der Waals surface area contributed by atoms with Gasteiger partial charge in [-0.1, -0.05) is 121 Å². The number of nitrogens with one attached hydrogen (secondary N) is 1. The van der Waals surface area contributed by atoms with Gasteiger partial charge in [0.1, 0.15) is 23.7 Å². The average Bonchev–Trinajstić information content (AvgIpc) is 3.12. The lowest BCUT2D eigenvalue weighted by Gasteiger charge is -2.41. The molecule has 1 aliphatic rings. The number of ether oxygens (including phenoxy) is 5. The van der Waals surface area contributed by atoms with Gasteiger partial charge in [-0.2, -0.15) is 0 Å². The smallest absolute Gasteiger partial charge is 0.319 e. The Labute approximate surface area is 300 Å².